The van der Waals surface area contributed by atoms with Crippen molar-refractivity contribution in [1.82, 2.24) is 14.9 Å². The molecular weight excluding hydrogens is 358 g/mol. The fourth-order valence-corrected chi connectivity index (χ4v) is 3.09. The molecule has 0 spiro atoms. The zero-order valence-electron chi connectivity index (χ0n) is 16.4. The molecule has 1 saturated heterocycles. The standard InChI is InChI=1S/C20H27N5O3/c1-3-4-12-28-18-14-16(21)15(13-17(18)27-2)19(26)24-8-10-25(11-9-24)20-22-6-5-7-23-20/h5-7,13-14H,3-4,8-12,21H2,1-2H3. The predicted molar refractivity (Wildman–Crippen MR) is 108 cm³/mol. The van der Waals surface area contributed by atoms with Crippen LogP contribution in [0.4, 0.5) is 11.6 Å². The van der Waals surface area contributed by atoms with Crippen LogP contribution in [0.3, 0.4) is 0 Å². The zero-order chi connectivity index (χ0) is 19.9. The average Bonchev–Trinajstić information content (AvgIpc) is 2.74. The van der Waals surface area contributed by atoms with Gasteiger partial charge in [-0.2, -0.15) is 0 Å². The largest absolute Gasteiger partial charge is 0.493 e. The van der Waals surface area contributed by atoms with Gasteiger partial charge in [-0.25, -0.2) is 9.97 Å². The second-order valence-electron chi connectivity index (χ2n) is 6.62. The highest BCUT2D eigenvalue weighted by molar-refractivity contribution is 6.00. The minimum absolute atomic E-state index is 0.107. The van der Waals surface area contributed by atoms with Gasteiger partial charge >= 0.3 is 0 Å². The molecule has 3 rings (SSSR count). The lowest BCUT2D eigenvalue weighted by Crippen LogP contribution is -2.49. The molecule has 28 heavy (non-hydrogen) atoms. The highest BCUT2D eigenvalue weighted by atomic mass is 16.5. The Balaban J connectivity index is 1.69. The van der Waals surface area contributed by atoms with Crippen LogP contribution in [-0.2, 0) is 0 Å². The molecule has 0 aliphatic carbocycles. The molecule has 0 atom stereocenters. The van der Waals surface area contributed by atoms with E-state index in [1.54, 1.807) is 42.6 Å². The maximum atomic E-state index is 13.0. The molecule has 1 fully saturated rings. The number of anilines is 2. The number of benzene rings is 1. The topological polar surface area (TPSA) is 93.8 Å². The van der Waals surface area contributed by atoms with E-state index in [1.165, 1.54) is 0 Å². The number of carbonyl (C=O) groups is 1. The molecule has 0 saturated carbocycles. The smallest absolute Gasteiger partial charge is 0.256 e. The first-order valence-corrected chi connectivity index (χ1v) is 9.55. The van der Waals surface area contributed by atoms with Gasteiger partial charge in [-0.1, -0.05) is 13.3 Å². The number of methoxy groups -OCH3 is 1. The van der Waals surface area contributed by atoms with Crippen molar-refractivity contribution in [3.05, 3.63) is 36.2 Å². The van der Waals surface area contributed by atoms with Crippen molar-refractivity contribution < 1.29 is 14.3 Å². The maximum absolute atomic E-state index is 13.0. The van der Waals surface area contributed by atoms with Crippen LogP contribution in [0, 0.1) is 0 Å². The van der Waals surface area contributed by atoms with Gasteiger partial charge in [0.15, 0.2) is 11.5 Å². The van der Waals surface area contributed by atoms with Crippen LogP contribution in [0.5, 0.6) is 11.5 Å². The predicted octanol–water partition coefficient (Wildman–Crippen LogP) is 2.21. The van der Waals surface area contributed by atoms with Crippen molar-refractivity contribution in [3.8, 4) is 11.5 Å². The zero-order valence-corrected chi connectivity index (χ0v) is 16.4. The summed E-state index contributed by atoms with van der Waals surface area (Å²) in [4.78, 5) is 25.4. The van der Waals surface area contributed by atoms with Gasteiger partial charge in [-0.3, -0.25) is 4.79 Å². The molecule has 1 aromatic carbocycles. The molecule has 1 amide bonds. The highest BCUT2D eigenvalue weighted by Crippen LogP contribution is 2.33. The van der Waals surface area contributed by atoms with Gasteiger partial charge in [0.1, 0.15) is 0 Å². The molecule has 1 aliphatic rings. The first-order valence-electron chi connectivity index (χ1n) is 9.55. The van der Waals surface area contributed by atoms with E-state index < -0.39 is 0 Å². The molecule has 150 valence electrons. The van der Waals surface area contributed by atoms with E-state index >= 15 is 0 Å². The number of ether oxygens (including phenoxy) is 2. The number of amides is 1. The molecule has 0 unspecified atom stereocenters. The van der Waals surface area contributed by atoms with Crippen molar-refractivity contribution in [2.75, 3.05) is 50.5 Å². The summed E-state index contributed by atoms with van der Waals surface area (Å²) in [5.74, 6) is 1.66. The Morgan fingerprint density at radius 3 is 2.50 bits per heavy atom. The number of nitrogens with two attached hydrogens (primary N) is 1. The Hall–Kier alpha value is -3.03. The lowest BCUT2D eigenvalue weighted by atomic mass is 10.1. The number of nitrogens with zero attached hydrogens (tertiary/aromatic N) is 4. The molecule has 1 aromatic heterocycles. The number of piperazine rings is 1. The first-order chi connectivity index (χ1) is 13.6. The van der Waals surface area contributed by atoms with E-state index in [9.17, 15) is 4.79 Å². The number of aromatic nitrogens is 2. The SMILES string of the molecule is CCCCOc1cc(N)c(C(=O)N2CCN(c3ncccn3)CC2)cc1OC. The summed E-state index contributed by atoms with van der Waals surface area (Å²) in [7, 11) is 1.56. The van der Waals surface area contributed by atoms with Crippen molar-refractivity contribution >= 4 is 17.5 Å². The molecule has 8 heteroatoms. The molecule has 2 heterocycles. The molecule has 2 aromatic rings. The number of unbranched alkanes of at least 4 members (excludes halogenated alkanes) is 1. The molecule has 2 N–H and O–H groups in total. The summed E-state index contributed by atoms with van der Waals surface area (Å²) in [5.41, 5.74) is 6.99. The quantitative estimate of drug-likeness (QED) is 0.577. The Labute approximate surface area is 165 Å². The summed E-state index contributed by atoms with van der Waals surface area (Å²) in [6.45, 7) is 5.18. The van der Waals surface area contributed by atoms with Gasteiger partial charge in [0.05, 0.1) is 19.3 Å². The Morgan fingerprint density at radius 2 is 1.86 bits per heavy atom. The summed E-state index contributed by atoms with van der Waals surface area (Å²) in [6.07, 6.45) is 5.42. The third kappa shape index (κ3) is 4.44. The Morgan fingerprint density at radius 1 is 1.14 bits per heavy atom. The third-order valence-electron chi connectivity index (χ3n) is 4.72. The summed E-state index contributed by atoms with van der Waals surface area (Å²) >= 11 is 0. The van der Waals surface area contributed by atoms with E-state index in [0.29, 0.717) is 61.5 Å². The highest BCUT2D eigenvalue weighted by Gasteiger charge is 2.25. The first kappa shape index (κ1) is 19.7. The lowest BCUT2D eigenvalue weighted by molar-refractivity contribution is 0.0747. The van der Waals surface area contributed by atoms with Crippen LogP contribution < -0.4 is 20.1 Å². The van der Waals surface area contributed by atoms with Gasteiger partial charge in [0.2, 0.25) is 5.95 Å². The van der Waals surface area contributed by atoms with Crippen molar-refractivity contribution in [1.29, 1.82) is 0 Å². The lowest BCUT2D eigenvalue weighted by Gasteiger charge is -2.35. The van der Waals surface area contributed by atoms with E-state index in [0.717, 1.165) is 12.8 Å². The van der Waals surface area contributed by atoms with Crippen molar-refractivity contribution in [2.45, 2.75) is 19.8 Å². The maximum Gasteiger partial charge on any atom is 0.256 e. The van der Waals surface area contributed by atoms with E-state index in [-0.39, 0.29) is 5.91 Å². The van der Waals surface area contributed by atoms with Crippen LogP contribution in [0.1, 0.15) is 30.1 Å². The van der Waals surface area contributed by atoms with Gasteiger partial charge < -0.3 is 25.0 Å². The normalized spacial score (nSPS) is 14.1. The second kappa shape index (κ2) is 9.25. The summed E-state index contributed by atoms with van der Waals surface area (Å²) in [6, 6.07) is 5.14. The molecular formula is C20H27N5O3. The number of hydrogen-bond donors (Lipinski definition) is 1. The molecule has 8 nitrogen and oxygen atoms in total. The Bertz CT molecular complexity index is 792. The monoisotopic (exact) mass is 385 g/mol. The molecule has 0 bridgehead atoms. The van der Waals surface area contributed by atoms with Crippen LogP contribution in [0.2, 0.25) is 0 Å². The van der Waals surface area contributed by atoms with Crippen LogP contribution in [0.25, 0.3) is 0 Å². The van der Waals surface area contributed by atoms with E-state index in [2.05, 4.69) is 21.8 Å². The minimum atomic E-state index is -0.107. The van der Waals surface area contributed by atoms with Crippen LogP contribution in [-0.4, -0.2) is 60.7 Å². The third-order valence-corrected chi connectivity index (χ3v) is 4.72. The van der Waals surface area contributed by atoms with Crippen LogP contribution >= 0.6 is 0 Å². The van der Waals surface area contributed by atoms with Gasteiger partial charge in [-0.15, -0.1) is 0 Å². The summed E-state index contributed by atoms with van der Waals surface area (Å²) in [5, 5.41) is 0. The minimum Gasteiger partial charge on any atom is -0.493 e. The van der Waals surface area contributed by atoms with E-state index in [4.69, 9.17) is 15.2 Å². The Kier molecular flexibility index (Phi) is 6.52. The number of hydrogen-bond acceptors (Lipinski definition) is 7. The number of carbonyl (C=O) groups excluding carboxylic acids is 1. The summed E-state index contributed by atoms with van der Waals surface area (Å²) < 4.78 is 11.2. The van der Waals surface area contributed by atoms with E-state index in [1.807, 2.05) is 0 Å². The van der Waals surface area contributed by atoms with Gasteiger partial charge in [0, 0.05) is 50.3 Å². The van der Waals surface area contributed by atoms with Crippen molar-refractivity contribution in [2.24, 2.45) is 0 Å². The van der Waals surface area contributed by atoms with Crippen LogP contribution in [0.15, 0.2) is 30.6 Å². The number of rotatable bonds is 7. The fourth-order valence-electron chi connectivity index (χ4n) is 3.09. The fraction of sp³-hybridized carbons (Fsp3) is 0.450. The van der Waals surface area contributed by atoms with Gasteiger partial charge in [0.25, 0.3) is 5.91 Å². The molecule has 1 aliphatic heterocycles. The van der Waals surface area contributed by atoms with Crippen molar-refractivity contribution in [3.63, 3.8) is 0 Å². The average molecular weight is 385 g/mol. The van der Waals surface area contributed by atoms with Gasteiger partial charge in [-0.05, 0) is 18.6 Å². The number of nitrogen functional groups attached to an aromatic ring is 1. The second-order valence-corrected chi connectivity index (χ2v) is 6.62. The molecule has 0 radical (unpaired) electrons.